The van der Waals surface area contributed by atoms with Crippen LogP contribution in [0.5, 0.6) is 0 Å². The van der Waals surface area contributed by atoms with Crippen molar-refractivity contribution in [3.05, 3.63) is 23.8 Å². The highest BCUT2D eigenvalue weighted by Gasteiger charge is 2.58. The fourth-order valence-electron chi connectivity index (χ4n) is 6.63. The van der Waals surface area contributed by atoms with E-state index in [0.717, 1.165) is 4.68 Å². The smallest absolute Gasteiger partial charge is 0.359 e. The second-order valence-corrected chi connectivity index (χ2v) is 19.9. The van der Waals surface area contributed by atoms with Crippen molar-refractivity contribution in [3.8, 4) is 0 Å². The zero-order valence-corrected chi connectivity index (χ0v) is 38.5. The molecule has 0 spiro atoms. The maximum Gasteiger partial charge on any atom is 0.397 e. The summed E-state index contributed by atoms with van der Waals surface area (Å²) in [7, 11) is -27.0. The normalized spacial score (nSPS) is 31.9. The molecule has 3 saturated heterocycles. The van der Waals surface area contributed by atoms with Crippen LogP contribution in [0.2, 0.25) is 0 Å². The van der Waals surface area contributed by atoms with E-state index in [9.17, 15) is 64.9 Å². The Morgan fingerprint density at radius 1 is 0.738 bits per heavy atom. The molecule has 374 valence electrons. The van der Waals surface area contributed by atoms with Crippen molar-refractivity contribution >= 4 is 75.2 Å². The number of rotatable bonds is 23. The van der Waals surface area contributed by atoms with Gasteiger partial charge in [0.15, 0.2) is 24.8 Å². The lowest BCUT2D eigenvalue weighted by Gasteiger charge is -2.44. The summed E-state index contributed by atoms with van der Waals surface area (Å²) in [5.41, 5.74) is 0.204. The molecular formula is C26H40Cl2N6O26S5. The molecule has 0 bridgehead atoms. The molecular weight excluding hydrogens is 1040 g/mol. The van der Waals surface area contributed by atoms with E-state index in [2.05, 4.69) is 37.4 Å². The summed E-state index contributed by atoms with van der Waals surface area (Å²) in [4.78, 5) is 0. The van der Waals surface area contributed by atoms with Gasteiger partial charge in [0.2, 0.25) is 5.79 Å². The van der Waals surface area contributed by atoms with Crippen LogP contribution in [0.3, 0.4) is 0 Å². The van der Waals surface area contributed by atoms with Gasteiger partial charge in [-0.25, -0.2) is 30.3 Å². The van der Waals surface area contributed by atoms with Crippen LogP contribution in [-0.4, -0.2) is 180 Å². The maximum atomic E-state index is 12.0. The van der Waals surface area contributed by atoms with E-state index in [1.807, 2.05) is 0 Å². The summed E-state index contributed by atoms with van der Waals surface area (Å²) in [6.07, 6.45) is -16.8. The van der Waals surface area contributed by atoms with Gasteiger partial charge >= 0.3 is 52.0 Å². The highest BCUT2D eigenvalue weighted by Crippen LogP contribution is 2.41. The third kappa shape index (κ3) is 16.3. The summed E-state index contributed by atoms with van der Waals surface area (Å²) < 4.78 is 225. The van der Waals surface area contributed by atoms with Crippen LogP contribution >= 0.6 is 23.2 Å². The quantitative estimate of drug-likeness (QED) is 0.0581. The Hall–Kier alpha value is -2.03. The fourth-order valence-corrected chi connectivity index (χ4v) is 9.75. The Kier molecular flexibility index (Phi) is 17.7. The zero-order chi connectivity index (χ0) is 48.3. The average molecular weight is 1080 g/mol. The largest absolute Gasteiger partial charge is 0.397 e. The minimum Gasteiger partial charge on any atom is -0.359 e. The summed E-state index contributed by atoms with van der Waals surface area (Å²) in [6, 6.07) is 0. The van der Waals surface area contributed by atoms with Crippen molar-refractivity contribution in [1.82, 2.24) is 30.0 Å². The van der Waals surface area contributed by atoms with Crippen LogP contribution in [0.1, 0.15) is 38.1 Å². The van der Waals surface area contributed by atoms with Gasteiger partial charge in [0, 0.05) is 25.9 Å². The molecule has 0 saturated carbocycles. The van der Waals surface area contributed by atoms with Crippen LogP contribution < -0.4 is 0 Å². The minimum absolute atomic E-state index is 0.0330. The Balaban J connectivity index is 1.35. The number of alkyl halides is 2. The van der Waals surface area contributed by atoms with Gasteiger partial charge in [0.05, 0.1) is 60.8 Å². The minimum atomic E-state index is -5.54. The second-order valence-electron chi connectivity index (χ2n) is 13.9. The van der Waals surface area contributed by atoms with E-state index >= 15 is 0 Å². The van der Waals surface area contributed by atoms with E-state index in [1.165, 1.54) is 24.0 Å². The van der Waals surface area contributed by atoms with Gasteiger partial charge in [0.1, 0.15) is 30.7 Å². The number of nitrogens with zero attached hydrogens (tertiary/aromatic N) is 6. The molecule has 3 aliphatic rings. The van der Waals surface area contributed by atoms with E-state index in [1.54, 1.807) is 6.92 Å². The van der Waals surface area contributed by atoms with E-state index in [-0.39, 0.29) is 24.5 Å². The number of aromatic nitrogens is 6. The van der Waals surface area contributed by atoms with Crippen molar-refractivity contribution in [2.24, 2.45) is 0 Å². The molecule has 0 aliphatic carbocycles. The first-order valence-corrected chi connectivity index (χ1v) is 25.9. The summed E-state index contributed by atoms with van der Waals surface area (Å²) in [6.45, 7) is 2.29. The van der Waals surface area contributed by atoms with Crippen molar-refractivity contribution in [1.29, 1.82) is 0 Å². The number of halogens is 2. The summed E-state index contributed by atoms with van der Waals surface area (Å²) in [5, 5.41) is 14.0. The van der Waals surface area contributed by atoms with Gasteiger partial charge in [-0.3, -0.25) is 22.8 Å². The average Bonchev–Trinajstić information content (AvgIpc) is 3.87. The van der Waals surface area contributed by atoms with E-state index in [4.69, 9.17) is 55.8 Å². The van der Waals surface area contributed by atoms with Gasteiger partial charge in [-0.05, 0) is 13.8 Å². The van der Waals surface area contributed by atoms with Gasteiger partial charge in [-0.15, -0.1) is 33.4 Å². The lowest BCUT2D eigenvalue weighted by atomic mass is 9.99. The molecule has 32 nitrogen and oxygen atoms in total. The Morgan fingerprint density at radius 3 is 1.91 bits per heavy atom. The second kappa shape index (κ2) is 21.3. The molecule has 5 N–H and O–H groups in total. The van der Waals surface area contributed by atoms with Crippen molar-refractivity contribution in [2.75, 3.05) is 12.5 Å². The van der Waals surface area contributed by atoms with Crippen molar-refractivity contribution < 1.29 is 114 Å². The predicted molar refractivity (Wildman–Crippen MR) is 204 cm³/mol. The monoisotopic (exact) mass is 1080 g/mol. The van der Waals surface area contributed by atoms with Crippen LogP contribution in [0.25, 0.3) is 0 Å². The third-order valence-electron chi connectivity index (χ3n) is 9.00. The lowest BCUT2D eigenvalue weighted by molar-refractivity contribution is -0.349. The molecule has 2 aromatic rings. The first-order chi connectivity index (χ1) is 29.9. The van der Waals surface area contributed by atoms with Crippen LogP contribution in [0, 0.1) is 0 Å². The highest BCUT2D eigenvalue weighted by atomic mass is 35.5. The standard InChI is InChI=1S/C26H40Cl2N6O26S5/c1-3-50-12-34-7-14(29-32-34)4-16-5-18(56-61(35,36)37)21(58-63(41,42)43)24(53-16)51-10-15-8-33(31-30-15)9-17-6-19(57-62(38,39)40)26(11-27,54-17)55-25-23(60-65(47,48)49)22(59-64(44,45)46)20(28)13(2)52-25/h7-8,13,16-25H,3-6,9-12H2,1-2H3,(H,35,36,37)(H,38,39,40)(H,41,42,43)(H,44,45,46)(H,47,48,49)/t13-,16-,17+,18+,19+,20+,21+,22+,23-,24+,25-,26+/m1/s1. The summed E-state index contributed by atoms with van der Waals surface area (Å²) >= 11 is 12.4. The van der Waals surface area contributed by atoms with Gasteiger partial charge in [-0.1, -0.05) is 10.4 Å². The molecule has 0 aromatic carbocycles. The van der Waals surface area contributed by atoms with Crippen LogP contribution in [-0.2, 0) is 128 Å². The Bertz CT molecular complexity index is 2500. The van der Waals surface area contributed by atoms with Crippen LogP contribution in [0.4, 0.5) is 0 Å². The Morgan fingerprint density at radius 2 is 1.31 bits per heavy atom. The molecule has 0 amide bonds. The highest BCUT2D eigenvalue weighted by molar-refractivity contribution is 7.81. The van der Waals surface area contributed by atoms with E-state index < -0.39 is 156 Å². The van der Waals surface area contributed by atoms with Crippen LogP contribution in [0.15, 0.2) is 12.4 Å². The molecule has 5 heterocycles. The summed E-state index contributed by atoms with van der Waals surface area (Å²) in [5.74, 6) is -3.51. The SMILES string of the molecule is CCOCn1cc(C[C@@H]2C[C@H](OS(=O)(=O)O)[C@H](OS(=O)(=O)O)[C@@H](OCc3cn(C[C@@H]4C[C@H](OS(=O)(=O)O)[C@](CCl)(O[C@H]5O[C@H](C)[C@H](Cl)[C@H](OS(=O)(=O)O)[C@H]5OS(=O)(=O)O)O4)nn3)O2)nn1. The zero-order valence-electron chi connectivity index (χ0n) is 33.0. The lowest BCUT2D eigenvalue weighted by Crippen LogP contribution is -2.61. The molecule has 2 aromatic heterocycles. The molecule has 3 aliphatic heterocycles. The van der Waals surface area contributed by atoms with Gasteiger partial charge in [-0.2, -0.15) is 42.1 Å². The molecule has 0 radical (unpaired) electrons. The van der Waals surface area contributed by atoms with Gasteiger partial charge in [0.25, 0.3) is 0 Å². The topological polar surface area (TPSA) is 435 Å². The van der Waals surface area contributed by atoms with Crippen molar-refractivity contribution in [2.45, 2.75) is 126 Å². The molecule has 12 atom stereocenters. The van der Waals surface area contributed by atoms with E-state index in [0.29, 0.717) is 6.61 Å². The number of hydrogen-bond donors (Lipinski definition) is 5. The molecule has 3 fully saturated rings. The molecule has 39 heteroatoms. The first-order valence-electron chi connectivity index (χ1n) is 18.1. The fraction of sp³-hybridized carbons (Fsp3) is 0.846. The first kappa shape index (κ1) is 53.9. The third-order valence-corrected chi connectivity index (χ3v) is 12.3. The van der Waals surface area contributed by atoms with Crippen molar-refractivity contribution in [3.63, 3.8) is 0 Å². The Labute approximate surface area is 379 Å². The maximum absolute atomic E-state index is 12.0. The number of hydrogen-bond acceptors (Lipinski definition) is 25. The van der Waals surface area contributed by atoms with Gasteiger partial charge < -0.3 is 28.4 Å². The molecule has 5 rings (SSSR count). The molecule has 0 unspecified atom stereocenters. The molecule has 65 heavy (non-hydrogen) atoms. The predicted octanol–water partition coefficient (Wildman–Crippen LogP) is -2.23. The number of ether oxygens (including phenoxy) is 6.